The maximum Gasteiger partial charge on any atom is 0.290 e. The summed E-state index contributed by atoms with van der Waals surface area (Å²) in [6.45, 7) is 6.17. The fraction of sp³-hybridized carbons (Fsp3) is 0.553. The number of nitrogens with one attached hydrogen (secondary N) is 3. The minimum absolute atomic E-state index is 0.0160. The predicted octanol–water partition coefficient (Wildman–Crippen LogP) is 3.96. The molecule has 1 saturated carbocycles. The van der Waals surface area contributed by atoms with Crippen molar-refractivity contribution in [1.82, 2.24) is 25.1 Å². The molecule has 1 aliphatic carbocycles. The van der Waals surface area contributed by atoms with Crippen molar-refractivity contribution in [2.75, 3.05) is 56.1 Å². The summed E-state index contributed by atoms with van der Waals surface area (Å²) in [5, 5.41) is 12.7. The van der Waals surface area contributed by atoms with E-state index in [-0.39, 0.29) is 35.9 Å². The van der Waals surface area contributed by atoms with Crippen LogP contribution in [0.3, 0.4) is 0 Å². The number of hydrogen-bond acceptors (Lipinski definition) is 11. The number of carbonyl (C=O) groups excluding carboxylic acids is 2. The molecule has 5 fully saturated rings. The Morgan fingerprint density at radius 3 is 2.35 bits per heavy atom. The number of aromatic amines is 1. The summed E-state index contributed by atoms with van der Waals surface area (Å²) < 4.78 is 35.6. The van der Waals surface area contributed by atoms with Crippen LogP contribution in [0.25, 0.3) is 10.9 Å². The molecule has 2 amide bonds. The molecule has 4 N–H and O–H groups in total. The Morgan fingerprint density at radius 2 is 1.67 bits per heavy atom. The first-order valence-corrected chi connectivity index (χ1v) is 19.9. The maximum absolute atomic E-state index is 15.2. The van der Waals surface area contributed by atoms with Crippen LogP contribution in [0, 0.1) is 17.6 Å². The van der Waals surface area contributed by atoms with E-state index in [1.807, 2.05) is 11.8 Å². The molecule has 5 heterocycles. The largest absolute Gasteiger partial charge is 0.493 e. The van der Waals surface area contributed by atoms with Gasteiger partial charge in [0.1, 0.15) is 34.6 Å². The summed E-state index contributed by atoms with van der Waals surface area (Å²) in [4.78, 5) is 59.3. The lowest BCUT2D eigenvalue weighted by Crippen LogP contribution is -2.64. The molecule has 54 heavy (non-hydrogen) atoms. The van der Waals surface area contributed by atoms with Gasteiger partial charge in [0.05, 0.1) is 23.6 Å². The number of fused-ring (bicyclic) bond motifs is 1. The van der Waals surface area contributed by atoms with Crippen LogP contribution in [0.2, 0.25) is 0 Å². The number of piperidine rings is 3. The Hall–Kier alpha value is -4.28. The molecule has 8 rings (SSSR count). The second-order valence-electron chi connectivity index (χ2n) is 14.9. The molecule has 1 atom stereocenters. The lowest BCUT2D eigenvalue weighted by Gasteiger charge is -2.52. The van der Waals surface area contributed by atoms with Crippen molar-refractivity contribution in [1.29, 1.82) is 0 Å². The molecule has 3 aromatic rings. The zero-order chi connectivity index (χ0) is 37.8. The van der Waals surface area contributed by atoms with Gasteiger partial charge in [-0.3, -0.25) is 34.3 Å². The number of nitrogens with zero attached hydrogens (tertiary/aromatic N) is 4. The molecule has 4 aliphatic heterocycles. The minimum Gasteiger partial charge on any atom is -0.493 e. The van der Waals surface area contributed by atoms with Gasteiger partial charge in [0.15, 0.2) is 0 Å². The van der Waals surface area contributed by atoms with Gasteiger partial charge in [-0.1, -0.05) is 0 Å². The smallest absolute Gasteiger partial charge is 0.290 e. The molecular formula is C38H47F2N7O6S. The molecule has 290 valence electrons. The van der Waals surface area contributed by atoms with E-state index >= 15 is 4.39 Å². The fourth-order valence-corrected chi connectivity index (χ4v) is 8.95. The molecule has 0 bridgehead atoms. The summed E-state index contributed by atoms with van der Waals surface area (Å²) in [6.07, 6.45) is 7.11. The lowest BCUT2D eigenvalue weighted by molar-refractivity contribution is -0.133. The zero-order valence-corrected chi connectivity index (χ0v) is 30.9. The number of aromatic nitrogens is 2. The minimum atomic E-state index is -0.598. The van der Waals surface area contributed by atoms with E-state index in [1.165, 1.54) is 12.1 Å². The number of ether oxygens (including phenoxy) is 1. The van der Waals surface area contributed by atoms with Crippen molar-refractivity contribution in [2.24, 2.45) is 5.92 Å². The molecule has 0 spiro atoms. The molecule has 13 nitrogen and oxygen atoms in total. The zero-order valence-electron chi connectivity index (χ0n) is 30.1. The first kappa shape index (κ1) is 38.0. The second-order valence-corrected chi connectivity index (χ2v) is 16.1. The van der Waals surface area contributed by atoms with Gasteiger partial charge < -0.3 is 25.0 Å². The molecule has 4 saturated heterocycles. The average molecular weight is 768 g/mol. The number of hydrogen-bond donors (Lipinski definition) is 4. The van der Waals surface area contributed by atoms with Gasteiger partial charge >= 0.3 is 0 Å². The number of benzene rings is 2. The van der Waals surface area contributed by atoms with Gasteiger partial charge in [-0.15, -0.1) is 0 Å². The first-order chi connectivity index (χ1) is 26.2. The number of carboxylic acid groups (broad SMARTS) is 1. The van der Waals surface area contributed by atoms with Gasteiger partial charge in [-0.2, -0.15) is 11.8 Å². The van der Waals surface area contributed by atoms with Crippen LogP contribution in [-0.4, -0.2) is 112 Å². The van der Waals surface area contributed by atoms with Crippen LogP contribution in [0.5, 0.6) is 5.75 Å². The molecule has 0 radical (unpaired) electrons. The van der Waals surface area contributed by atoms with E-state index in [0.717, 1.165) is 77.8 Å². The quantitative estimate of drug-likeness (QED) is 0.165. The van der Waals surface area contributed by atoms with Crippen molar-refractivity contribution < 1.29 is 33.0 Å². The third-order valence-corrected chi connectivity index (χ3v) is 12.5. The number of H-pyrrole nitrogens is 1. The van der Waals surface area contributed by atoms with Crippen LogP contribution >= 0.6 is 11.8 Å². The van der Waals surface area contributed by atoms with E-state index in [4.69, 9.17) is 14.6 Å². The number of anilines is 2. The maximum atomic E-state index is 15.2. The van der Waals surface area contributed by atoms with Crippen molar-refractivity contribution in [3.63, 3.8) is 0 Å². The summed E-state index contributed by atoms with van der Waals surface area (Å²) in [5.41, 5.74) is 1.02. The average Bonchev–Trinajstić information content (AvgIpc) is 3.96. The second kappa shape index (κ2) is 17.0. The first-order valence-electron chi connectivity index (χ1n) is 18.8. The van der Waals surface area contributed by atoms with Gasteiger partial charge in [0.25, 0.3) is 12.0 Å². The van der Waals surface area contributed by atoms with Crippen LogP contribution in [0.15, 0.2) is 35.1 Å². The number of likely N-dealkylation sites (tertiary alicyclic amines) is 2. The number of amides is 2. The summed E-state index contributed by atoms with van der Waals surface area (Å²) >= 11 is 1.81. The lowest BCUT2D eigenvalue weighted by atomic mass is 9.95. The molecule has 1 aromatic heterocycles. The number of imide groups is 1. The summed E-state index contributed by atoms with van der Waals surface area (Å²) in [7, 11) is 0. The molecule has 16 heteroatoms. The van der Waals surface area contributed by atoms with Crippen LogP contribution in [0.1, 0.15) is 57.2 Å². The molecular weight excluding hydrogens is 721 g/mol. The Labute approximate surface area is 316 Å². The predicted molar refractivity (Wildman–Crippen MR) is 202 cm³/mol. The van der Waals surface area contributed by atoms with Crippen molar-refractivity contribution >= 4 is 52.3 Å². The summed E-state index contributed by atoms with van der Waals surface area (Å²) in [5.74, 6) is 0.571. The van der Waals surface area contributed by atoms with Crippen LogP contribution in [0.4, 0.5) is 20.2 Å². The highest BCUT2D eigenvalue weighted by atomic mass is 32.2. The van der Waals surface area contributed by atoms with E-state index in [1.54, 1.807) is 18.2 Å². The SMILES string of the molecule is O=C1CCC(Nc2ccc(N3CCC(N4CC(N5CCC(SCc6nc7cc(OCC8CC8)cc(F)c7c(=O)[nH]6)CC5)C4)CC3)c(F)c2)C(=O)N1.O=CO. The van der Waals surface area contributed by atoms with Crippen LogP contribution < -0.4 is 25.8 Å². The Kier molecular flexibility index (Phi) is 12.0. The van der Waals surface area contributed by atoms with Crippen molar-refractivity contribution in [2.45, 2.75) is 80.5 Å². The van der Waals surface area contributed by atoms with Crippen LogP contribution in [-0.2, 0) is 20.1 Å². The van der Waals surface area contributed by atoms with Crippen molar-refractivity contribution in [3.8, 4) is 5.75 Å². The Morgan fingerprint density at radius 1 is 0.926 bits per heavy atom. The molecule has 2 aromatic carbocycles. The van der Waals surface area contributed by atoms with Gasteiger partial charge in [0, 0.05) is 67.8 Å². The third kappa shape index (κ3) is 9.15. The van der Waals surface area contributed by atoms with Gasteiger partial charge in [-0.05, 0) is 82.2 Å². The number of thioether (sulfide) groups is 1. The third-order valence-electron chi connectivity index (χ3n) is 11.2. The van der Waals surface area contributed by atoms with Gasteiger partial charge in [0.2, 0.25) is 11.8 Å². The summed E-state index contributed by atoms with van der Waals surface area (Å²) in [6, 6.07) is 8.53. The topological polar surface area (TPSA) is 160 Å². The number of halogens is 2. The van der Waals surface area contributed by atoms with E-state index < -0.39 is 17.4 Å². The van der Waals surface area contributed by atoms with Gasteiger partial charge in [-0.25, -0.2) is 13.8 Å². The highest BCUT2D eigenvalue weighted by Gasteiger charge is 2.38. The molecule has 1 unspecified atom stereocenters. The molecule has 5 aliphatic rings. The monoisotopic (exact) mass is 767 g/mol. The standard InChI is InChI=1S/C37H45F2N7O4S.CH2O2/c38-28-15-23(40-30-4-6-34(47)43-36(30)48)3-5-32(28)45-11-7-24(8-12-45)46-18-25(19-46)44-13-9-27(10-14-44)51-21-33-41-31-17-26(50-20-22-1-2-22)16-29(39)35(31)37(49)42-33;2-1-3/h3,5,15-17,22,24-25,27,30,40H,1-2,4,6-14,18-21H2,(H,41,42,49)(H,43,47,48);1H,(H,2,3). The number of rotatable bonds is 11. The van der Waals surface area contributed by atoms with E-state index in [9.17, 15) is 18.8 Å². The normalized spacial score (nSPS) is 22.0. The highest BCUT2D eigenvalue weighted by Crippen LogP contribution is 2.33. The Balaban J connectivity index is 0.00000145. The van der Waals surface area contributed by atoms with E-state index in [0.29, 0.717) is 70.5 Å². The van der Waals surface area contributed by atoms with Crippen molar-refractivity contribution in [3.05, 3.63) is 58.1 Å². The number of carbonyl (C=O) groups is 3. The highest BCUT2D eigenvalue weighted by molar-refractivity contribution is 7.99. The Bertz CT molecular complexity index is 1890. The fourth-order valence-electron chi connectivity index (χ4n) is 7.88. The van der Waals surface area contributed by atoms with E-state index in [2.05, 4.69) is 35.3 Å².